The second-order valence-electron chi connectivity index (χ2n) is 5.95. The van der Waals surface area contributed by atoms with Gasteiger partial charge in [-0.15, -0.1) is 0 Å². The van der Waals surface area contributed by atoms with Gasteiger partial charge in [0.1, 0.15) is 0 Å². The molecule has 2 N–H and O–H groups in total. The number of ether oxygens (including phenoxy) is 1. The van der Waals surface area contributed by atoms with Crippen LogP contribution in [0.5, 0.6) is 0 Å². The quantitative estimate of drug-likeness (QED) is 0.730. The van der Waals surface area contributed by atoms with Crippen molar-refractivity contribution in [2.45, 2.75) is 51.2 Å². The Morgan fingerprint density at radius 3 is 2.68 bits per heavy atom. The molecule has 1 aliphatic heterocycles. The third-order valence-electron chi connectivity index (χ3n) is 4.60. The fourth-order valence-corrected chi connectivity index (χ4v) is 3.60. The summed E-state index contributed by atoms with van der Waals surface area (Å²) in [5.74, 6) is 0.842. The lowest BCUT2D eigenvalue weighted by atomic mass is 10.0. The minimum Gasteiger partial charge on any atom is -0.394 e. The van der Waals surface area contributed by atoms with Crippen molar-refractivity contribution in [1.29, 1.82) is 0 Å². The fraction of sp³-hybridized carbons (Fsp3) is 1.00. The van der Waals surface area contributed by atoms with Crippen LogP contribution >= 0.6 is 0 Å². The number of likely N-dealkylation sites (tertiary alicyclic amines) is 1. The number of nitrogens with one attached hydrogen (secondary N) is 1. The summed E-state index contributed by atoms with van der Waals surface area (Å²) in [4.78, 5) is 2.61. The fourth-order valence-electron chi connectivity index (χ4n) is 3.60. The molecular weight excluding hydrogens is 240 g/mol. The molecule has 0 aromatic rings. The van der Waals surface area contributed by atoms with E-state index in [4.69, 9.17) is 9.84 Å². The van der Waals surface area contributed by atoms with Gasteiger partial charge in [-0.1, -0.05) is 13.3 Å². The van der Waals surface area contributed by atoms with Crippen LogP contribution in [-0.2, 0) is 4.74 Å². The summed E-state index contributed by atoms with van der Waals surface area (Å²) < 4.78 is 5.62. The number of piperidine rings is 1. The van der Waals surface area contributed by atoms with Crippen LogP contribution in [0.2, 0.25) is 0 Å². The predicted octanol–water partition coefficient (Wildman–Crippen LogP) is 1.24. The number of nitrogens with zero attached hydrogens (tertiary/aromatic N) is 1. The molecule has 19 heavy (non-hydrogen) atoms. The summed E-state index contributed by atoms with van der Waals surface area (Å²) >= 11 is 0. The Hall–Kier alpha value is -0.160. The van der Waals surface area contributed by atoms with Crippen LogP contribution in [0.4, 0.5) is 0 Å². The molecule has 112 valence electrons. The first-order valence-electron chi connectivity index (χ1n) is 8.01. The highest BCUT2D eigenvalue weighted by molar-refractivity contribution is 4.86. The molecular formula is C15H30N2O2. The van der Waals surface area contributed by atoms with Gasteiger partial charge in [-0.25, -0.2) is 0 Å². The maximum Gasteiger partial charge on any atom is 0.0701 e. The van der Waals surface area contributed by atoms with Gasteiger partial charge in [-0.05, 0) is 38.1 Å². The average Bonchev–Trinajstić information content (AvgIpc) is 2.86. The van der Waals surface area contributed by atoms with Gasteiger partial charge in [0.2, 0.25) is 0 Å². The van der Waals surface area contributed by atoms with Crippen LogP contribution in [0, 0.1) is 5.92 Å². The van der Waals surface area contributed by atoms with Crippen molar-refractivity contribution in [2.75, 3.05) is 39.4 Å². The summed E-state index contributed by atoms with van der Waals surface area (Å²) in [5, 5.41) is 12.4. The Morgan fingerprint density at radius 2 is 2.00 bits per heavy atom. The molecule has 0 aromatic carbocycles. The molecule has 2 aliphatic rings. The minimum atomic E-state index is 0.145. The van der Waals surface area contributed by atoms with Crippen LogP contribution in [0.3, 0.4) is 0 Å². The van der Waals surface area contributed by atoms with E-state index >= 15 is 0 Å². The van der Waals surface area contributed by atoms with Crippen LogP contribution in [0.15, 0.2) is 0 Å². The van der Waals surface area contributed by atoms with Gasteiger partial charge in [0.25, 0.3) is 0 Å². The first-order valence-corrected chi connectivity index (χ1v) is 8.01. The second kappa shape index (κ2) is 8.20. The van der Waals surface area contributed by atoms with Gasteiger partial charge in [0, 0.05) is 25.7 Å². The summed E-state index contributed by atoms with van der Waals surface area (Å²) in [6.07, 6.45) is 6.75. The number of hydrogen-bond acceptors (Lipinski definition) is 4. The molecule has 1 saturated carbocycles. The predicted molar refractivity (Wildman–Crippen MR) is 77.3 cm³/mol. The Labute approximate surface area is 117 Å². The molecule has 2 rings (SSSR count). The zero-order valence-corrected chi connectivity index (χ0v) is 12.3. The van der Waals surface area contributed by atoms with E-state index in [9.17, 15) is 0 Å². The van der Waals surface area contributed by atoms with Crippen molar-refractivity contribution in [3.05, 3.63) is 0 Å². The molecule has 2 fully saturated rings. The zero-order chi connectivity index (χ0) is 13.5. The molecule has 0 amide bonds. The first kappa shape index (κ1) is 15.2. The highest BCUT2D eigenvalue weighted by Gasteiger charge is 2.29. The molecule has 0 aromatic heterocycles. The van der Waals surface area contributed by atoms with E-state index in [1.54, 1.807) is 0 Å². The van der Waals surface area contributed by atoms with E-state index in [-0.39, 0.29) is 6.61 Å². The van der Waals surface area contributed by atoms with Crippen molar-refractivity contribution in [2.24, 2.45) is 5.92 Å². The molecule has 1 saturated heterocycles. The maximum atomic E-state index is 8.78. The number of hydrogen-bond donors (Lipinski definition) is 2. The third kappa shape index (κ3) is 4.71. The Bertz CT molecular complexity index is 242. The van der Waals surface area contributed by atoms with E-state index in [1.807, 2.05) is 0 Å². The average molecular weight is 270 g/mol. The lowest BCUT2D eigenvalue weighted by molar-refractivity contribution is -0.0103. The summed E-state index contributed by atoms with van der Waals surface area (Å²) in [6, 6.07) is 0.744. The third-order valence-corrected chi connectivity index (χ3v) is 4.60. The molecule has 0 bridgehead atoms. The Balaban J connectivity index is 1.67. The molecule has 2 atom stereocenters. The first-order chi connectivity index (χ1) is 9.33. The second-order valence-corrected chi connectivity index (χ2v) is 5.95. The van der Waals surface area contributed by atoms with Gasteiger partial charge >= 0.3 is 0 Å². The van der Waals surface area contributed by atoms with E-state index in [0.29, 0.717) is 12.7 Å². The summed E-state index contributed by atoms with van der Waals surface area (Å²) in [6.45, 7) is 7.52. The van der Waals surface area contributed by atoms with E-state index in [2.05, 4.69) is 17.1 Å². The lowest BCUT2D eigenvalue weighted by Gasteiger charge is -2.34. The monoisotopic (exact) mass is 270 g/mol. The molecule has 1 heterocycles. The highest BCUT2D eigenvalue weighted by Crippen LogP contribution is 2.27. The molecule has 2 unspecified atom stereocenters. The standard InChI is InChI=1S/C15H30N2O2/c1-2-16-15-5-3-4-13(15)12-17-8-6-14(7-9-17)19-11-10-18/h13-16,18H,2-12H2,1H3. The van der Waals surface area contributed by atoms with Crippen molar-refractivity contribution in [1.82, 2.24) is 10.2 Å². The molecule has 4 heteroatoms. The minimum absolute atomic E-state index is 0.145. The molecule has 1 aliphatic carbocycles. The van der Waals surface area contributed by atoms with Crippen molar-refractivity contribution in [3.63, 3.8) is 0 Å². The largest absolute Gasteiger partial charge is 0.394 e. The van der Waals surface area contributed by atoms with Crippen LogP contribution in [0.1, 0.15) is 39.0 Å². The SMILES string of the molecule is CCNC1CCCC1CN1CCC(OCCO)CC1. The smallest absolute Gasteiger partial charge is 0.0701 e. The molecule has 0 spiro atoms. The summed E-state index contributed by atoms with van der Waals surface area (Å²) in [5.41, 5.74) is 0. The Morgan fingerprint density at radius 1 is 1.21 bits per heavy atom. The summed E-state index contributed by atoms with van der Waals surface area (Å²) in [7, 11) is 0. The normalized spacial score (nSPS) is 30.0. The van der Waals surface area contributed by atoms with Gasteiger partial charge in [-0.2, -0.15) is 0 Å². The topological polar surface area (TPSA) is 44.7 Å². The number of aliphatic hydroxyl groups is 1. The van der Waals surface area contributed by atoms with Gasteiger partial charge in [0.15, 0.2) is 0 Å². The molecule has 0 radical (unpaired) electrons. The van der Waals surface area contributed by atoms with Crippen LogP contribution in [0.25, 0.3) is 0 Å². The van der Waals surface area contributed by atoms with Gasteiger partial charge in [0.05, 0.1) is 19.3 Å². The lowest BCUT2D eigenvalue weighted by Crippen LogP contribution is -2.43. The van der Waals surface area contributed by atoms with E-state index < -0.39 is 0 Å². The maximum absolute atomic E-state index is 8.78. The number of rotatable bonds is 7. The number of aliphatic hydroxyl groups excluding tert-OH is 1. The van der Waals surface area contributed by atoms with Crippen molar-refractivity contribution in [3.8, 4) is 0 Å². The zero-order valence-electron chi connectivity index (χ0n) is 12.3. The van der Waals surface area contributed by atoms with Crippen molar-refractivity contribution >= 4 is 0 Å². The highest BCUT2D eigenvalue weighted by atomic mass is 16.5. The van der Waals surface area contributed by atoms with Crippen LogP contribution in [-0.4, -0.2) is 61.5 Å². The van der Waals surface area contributed by atoms with E-state index in [0.717, 1.165) is 44.4 Å². The van der Waals surface area contributed by atoms with Crippen LogP contribution < -0.4 is 5.32 Å². The molecule has 4 nitrogen and oxygen atoms in total. The van der Waals surface area contributed by atoms with E-state index in [1.165, 1.54) is 25.8 Å². The van der Waals surface area contributed by atoms with Gasteiger partial charge in [-0.3, -0.25) is 0 Å². The van der Waals surface area contributed by atoms with Gasteiger partial charge < -0.3 is 20.1 Å². The Kier molecular flexibility index (Phi) is 6.57. The van der Waals surface area contributed by atoms with Crippen molar-refractivity contribution < 1.29 is 9.84 Å².